The molecule has 0 unspecified atom stereocenters. The molecule has 2 heteroatoms. The summed E-state index contributed by atoms with van der Waals surface area (Å²) in [5, 5.41) is 5.08. The minimum Gasteiger partial charge on any atom is -0.309 e. The fourth-order valence-electron chi connectivity index (χ4n) is 10.6. The van der Waals surface area contributed by atoms with Crippen LogP contribution >= 0.6 is 0 Å². The van der Waals surface area contributed by atoms with Crippen molar-refractivity contribution in [1.29, 1.82) is 0 Å². The quantitative estimate of drug-likeness (QED) is 0.172. The second-order valence-electron chi connectivity index (χ2n) is 16.9. The van der Waals surface area contributed by atoms with E-state index < -0.39 is 0 Å². The van der Waals surface area contributed by atoms with E-state index in [1.165, 1.54) is 111 Å². The predicted octanol–water partition coefficient (Wildman–Crippen LogP) is 14.2. The average Bonchev–Trinajstić information content (AvgIpc) is 3.89. The maximum Gasteiger partial charge on any atom is 0.0543 e. The van der Waals surface area contributed by atoms with Crippen LogP contribution in [0.25, 0.3) is 88.4 Å². The van der Waals surface area contributed by atoms with Gasteiger partial charge in [0.2, 0.25) is 0 Å². The van der Waals surface area contributed by atoms with Crippen molar-refractivity contribution >= 4 is 43.6 Å². The van der Waals surface area contributed by atoms with E-state index >= 15 is 0 Å². The lowest BCUT2D eigenvalue weighted by atomic mass is 9.82. The molecule has 8 aromatic carbocycles. The minimum atomic E-state index is -0.0583. The Balaban J connectivity index is 1.03. The molecule has 0 aliphatic heterocycles. The van der Waals surface area contributed by atoms with Gasteiger partial charge in [-0.25, -0.2) is 0 Å². The van der Waals surface area contributed by atoms with Crippen molar-refractivity contribution in [2.24, 2.45) is 0 Å². The van der Waals surface area contributed by atoms with E-state index in [9.17, 15) is 0 Å². The Kier molecular flexibility index (Phi) is 6.22. The van der Waals surface area contributed by atoms with Crippen LogP contribution < -0.4 is 0 Å². The van der Waals surface area contributed by atoms with Crippen molar-refractivity contribution in [2.45, 2.75) is 38.5 Å². The summed E-state index contributed by atoms with van der Waals surface area (Å²) in [5.41, 5.74) is 20.7. The van der Waals surface area contributed by atoms with Crippen LogP contribution in [0.2, 0.25) is 0 Å². The molecule has 0 amide bonds. The smallest absolute Gasteiger partial charge is 0.0543 e. The first-order valence-corrected chi connectivity index (χ1v) is 19.9. The third kappa shape index (κ3) is 4.06. The van der Waals surface area contributed by atoms with Gasteiger partial charge in [0.25, 0.3) is 0 Å². The molecule has 0 spiro atoms. The molecule has 0 N–H and O–H groups in total. The maximum absolute atomic E-state index is 2.50. The van der Waals surface area contributed by atoms with Gasteiger partial charge in [0, 0.05) is 43.6 Å². The van der Waals surface area contributed by atoms with Gasteiger partial charge in [-0.15, -0.1) is 0 Å². The minimum absolute atomic E-state index is 0.0569. The molecule has 2 heterocycles. The van der Waals surface area contributed by atoms with Gasteiger partial charge in [-0.05, 0) is 105 Å². The average molecular weight is 717 g/mol. The van der Waals surface area contributed by atoms with Crippen molar-refractivity contribution < 1.29 is 0 Å². The van der Waals surface area contributed by atoms with Gasteiger partial charge in [-0.2, -0.15) is 0 Å². The Morgan fingerprint density at radius 2 is 0.839 bits per heavy atom. The fraction of sp³-hybridized carbons (Fsp3) is 0.111. The third-order valence-electron chi connectivity index (χ3n) is 13.3. The summed E-state index contributed by atoms with van der Waals surface area (Å²) in [6.07, 6.45) is 0. The number of benzene rings is 8. The summed E-state index contributed by atoms with van der Waals surface area (Å²) < 4.78 is 4.96. The van der Waals surface area contributed by atoms with Gasteiger partial charge in [0.05, 0.1) is 27.8 Å². The number of nitrogens with zero attached hydrogens (tertiary/aromatic N) is 2. The molecule has 0 saturated carbocycles. The van der Waals surface area contributed by atoms with Gasteiger partial charge in [0.15, 0.2) is 0 Å². The Morgan fingerprint density at radius 1 is 0.339 bits per heavy atom. The lowest BCUT2D eigenvalue weighted by molar-refractivity contribution is 0.660. The highest BCUT2D eigenvalue weighted by atomic mass is 15.0. The number of hydrogen-bond donors (Lipinski definition) is 0. The predicted molar refractivity (Wildman–Crippen MR) is 236 cm³/mol. The molecule has 56 heavy (non-hydrogen) atoms. The zero-order valence-electron chi connectivity index (χ0n) is 32.1. The molecule has 2 nitrogen and oxygen atoms in total. The second kappa shape index (κ2) is 11.0. The number of aromatic nitrogens is 2. The molecule has 0 fully saturated rings. The van der Waals surface area contributed by atoms with Crippen LogP contribution in [-0.2, 0) is 10.8 Å². The first kappa shape index (κ1) is 31.7. The lowest BCUT2D eigenvalue weighted by Gasteiger charge is -2.22. The summed E-state index contributed by atoms with van der Waals surface area (Å²) in [5.74, 6) is 0. The lowest BCUT2D eigenvalue weighted by Crippen LogP contribution is -2.15. The summed E-state index contributed by atoms with van der Waals surface area (Å²) in [7, 11) is 0. The van der Waals surface area contributed by atoms with E-state index in [1.54, 1.807) is 0 Å². The fourth-order valence-corrected chi connectivity index (χ4v) is 10.6. The van der Waals surface area contributed by atoms with E-state index in [2.05, 4.69) is 207 Å². The highest BCUT2D eigenvalue weighted by molar-refractivity contribution is 6.13. The molecule has 0 saturated heterocycles. The Morgan fingerprint density at radius 3 is 1.54 bits per heavy atom. The molecule has 0 bridgehead atoms. The van der Waals surface area contributed by atoms with E-state index in [0.29, 0.717) is 0 Å². The largest absolute Gasteiger partial charge is 0.309 e. The standard InChI is InChI=1S/C54H40N2/c1-53(2)44-19-10-6-17-40(44)52-45(53)20-13-23-51(52)56-48-22-12-8-16-39(48)42-31-34(25-29-50(42)56)33-24-28-49-41(30-33)38-15-7-11-21-47(38)55(49)35-26-27-37-36-14-5-9-18-43(36)54(3,4)46(37)32-35/h5-32H,1-4H3. The van der Waals surface area contributed by atoms with Crippen LogP contribution in [0.3, 0.4) is 0 Å². The summed E-state index contributed by atoms with van der Waals surface area (Å²) in [6.45, 7) is 9.44. The van der Waals surface area contributed by atoms with Crippen molar-refractivity contribution in [3.63, 3.8) is 0 Å². The van der Waals surface area contributed by atoms with Crippen molar-refractivity contribution in [1.82, 2.24) is 9.13 Å². The normalized spacial score (nSPS) is 14.7. The molecule has 0 atom stereocenters. The molecule has 0 radical (unpaired) electrons. The van der Waals surface area contributed by atoms with Gasteiger partial charge in [0.1, 0.15) is 0 Å². The summed E-state index contributed by atoms with van der Waals surface area (Å²) >= 11 is 0. The summed E-state index contributed by atoms with van der Waals surface area (Å²) in [6, 6.07) is 63.7. The molecule has 12 rings (SSSR count). The SMILES string of the molecule is CC1(C)c2ccccc2-c2ccc(-n3c4ccccc4c4cc(-c5ccc6c(c5)c5ccccc5n6-c5cccc6c5-c5ccccc5C6(C)C)ccc43)cc21. The Hall–Kier alpha value is -6.64. The highest BCUT2D eigenvalue weighted by Gasteiger charge is 2.38. The zero-order valence-corrected chi connectivity index (χ0v) is 32.1. The first-order valence-electron chi connectivity index (χ1n) is 19.9. The van der Waals surface area contributed by atoms with Crippen LogP contribution in [-0.4, -0.2) is 9.13 Å². The van der Waals surface area contributed by atoms with Crippen LogP contribution in [0.5, 0.6) is 0 Å². The number of fused-ring (bicyclic) bond motifs is 12. The van der Waals surface area contributed by atoms with Crippen molar-refractivity contribution in [3.8, 4) is 44.8 Å². The molecule has 10 aromatic rings. The Labute approximate surface area is 326 Å². The van der Waals surface area contributed by atoms with E-state index in [0.717, 1.165) is 0 Å². The molecule has 2 aliphatic rings. The van der Waals surface area contributed by atoms with Crippen LogP contribution in [0.4, 0.5) is 0 Å². The third-order valence-corrected chi connectivity index (χ3v) is 13.3. The topological polar surface area (TPSA) is 9.86 Å². The molecular weight excluding hydrogens is 677 g/mol. The van der Waals surface area contributed by atoms with Crippen LogP contribution in [0.15, 0.2) is 170 Å². The van der Waals surface area contributed by atoms with E-state index in [-0.39, 0.29) is 10.8 Å². The summed E-state index contributed by atoms with van der Waals surface area (Å²) in [4.78, 5) is 0. The monoisotopic (exact) mass is 716 g/mol. The first-order chi connectivity index (χ1) is 27.3. The van der Waals surface area contributed by atoms with Crippen LogP contribution in [0.1, 0.15) is 49.9 Å². The molecular formula is C54H40N2. The number of hydrogen-bond acceptors (Lipinski definition) is 0. The van der Waals surface area contributed by atoms with Crippen LogP contribution in [0, 0.1) is 0 Å². The Bertz CT molecular complexity index is 3310. The number of rotatable bonds is 3. The van der Waals surface area contributed by atoms with Gasteiger partial charge < -0.3 is 9.13 Å². The van der Waals surface area contributed by atoms with Crippen molar-refractivity contribution in [3.05, 3.63) is 192 Å². The molecule has 266 valence electrons. The second-order valence-corrected chi connectivity index (χ2v) is 16.9. The zero-order chi connectivity index (χ0) is 37.5. The maximum atomic E-state index is 2.50. The van der Waals surface area contributed by atoms with Gasteiger partial charge in [-0.3, -0.25) is 0 Å². The van der Waals surface area contributed by atoms with Gasteiger partial charge >= 0.3 is 0 Å². The number of para-hydroxylation sites is 2. The van der Waals surface area contributed by atoms with E-state index in [1.807, 2.05) is 0 Å². The van der Waals surface area contributed by atoms with E-state index in [4.69, 9.17) is 0 Å². The molecule has 2 aliphatic carbocycles. The van der Waals surface area contributed by atoms with Crippen molar-refractivity contribution in [2.75, 3.05) is 0 Å². The van der Waals surface area contributed by atoms with Gasteiger partial charge in [-0.1, -0.05) is 143 Å². The molecule has 2 aromatic heterocycles. The highest BCUT2D eigenvalue weighted by Crippen LogP contribution is 2.52.